The minimum atomic E-state index is -0.943. The zero-order valence-corrected chi connectivity index (χ0v) is 36.1. The summed E-state index contributed by atoms with van der Waals surface area (Å²) in [6.45, 7) is 13.2. The van der Waals surface area contributed by atoms with Crippen molar-refractivity contribution in [3.63, 3.8) is 0 Å². The van der Waals surface area contributed by atoms with E-state index < -0.39 is 23.7 Å². The van der Waals surface area contributed by atoms with Gasteiger partial charge in [-0.05, 0) is 52.6 Å². The molecule has 6 aliphatic heterocycles. The number of piperazine rings is 2. The second-order valence-corrected chi connectivity index (χ2v) is 16.8. The number of unbranched alkanes of at least 4 members (excludes halogenated alkanes) is 8. The number of hydrogen-bond acceptors (Lipinski definition) is 11. The van der Waals surface area contributed by atoms with Crippen LogP contribution in [0.1, 0.15) is 104 Å². The number of rotatable bonds is 16. The number of fused-ring (bicyclic) bond motifs is 4. The molecule has 2 N–H and O–H groups in total. The van der Waals surface area contributed by atoms with Crippen LogP contribution in [0.2, 0.25) is 0 Å². The monoisotopic (exact) mass is 834 g/mol. The molecule has 6 fully saturated rings. The van der Waals surface area contributed by atoms with Crippen molar-refractivity contribution in [2.45, 2.75) is 128 Å². The SMILES string of the molecule is CCCCCCCOC(=O)C1C2CCC(O2)C1C(=O)N1CCN(C)CC1.CCCCCCCOC(=O)C1C2CCC(O2)C1C(=O)O.CN1CCNCC1.ClCCl. The molecule has 0 aromatic carbocycles. The molecular formula is C41H72Cl2N4O9. The van der Waals surface area contributed by atoms with Gasteiger partial charge in [-0.15, -0.1) is 23.2 Å². The molecule has 6 heterocycles. The Labute approximate surface area is 346 Å². The van der Waals surface area contributed by atoms with Crippen LogP contribution < -0.4 is 5.32 Å². The van der Waals surface area contributed by atoms with Gasteiger partial charge in [0.1, 0.15) is 0 Å². The van der Waals surface area contributed by atoms with Crippen LogP contribution >= 0.6 is 23.2 Å². The van der Waals surface area contributed by atoms with E-state index in [4.69, 9.17) is 42.1 Å². The molecule has 0 spiro atoms. The first kappa shape index (κ1) is 48.6. The van der Waals surface area contributed by atoms with Gasteiger partial charge in [-0.3, -0.25) is 19.2 Å². The summed E-state index contributed by atoms with van der Waals surface area (Å²) in [6, 6.07) is 0. The number of nitrogens with one attached hydrogen (secondary N) is 1. The molecule has 4 bridgehead atoms. The van der Waals surface area contributed by atoms with Gasteiger partial charge in [0.05, 0.1) is 66.6 Å². The number of amides is 1. The molecule has 0 saturated carbocycles. The Hall–Kier alpha value is -1.74. The van der Waals surface area contributed by atoms with Crippen molar-refractivity contribution < 1.29 is 43.2 Å². The highest BCUT2D eigenvalue weighted by molar-refractivity contribution is 6.40. The van der Waals surface area contributed by atoms with Gasteiger partial charge in [0.25, 0.3) is 0 Å². The minimum Gasteiger partial charge on any atom is -0.481 e. The highest BCUT2D eigenvalue weighted by atomic mass is 35.5. The predicted molar refractivity (Wildman–Crippen MR) is 218 cm³/mol. The van der Waals surface area contributed by atoms with Crippen molar-refractivity contribution >= 4 is 47.0 Å². The summed E-state index contributed by atoms with van der Waals surface area (Å²) in [5.74, 6) is -3.54. The van der Waals surface area contributed by atoms with Crippen LogP contribution in [-0.2, 0) is 38.1 Å². The van der Waals surface area contributed by atoms with Gasteiger partial charge in [-0.2, -0.15) is 0 Å². The lowest BCUT2D eigenvalue weighted by atomic mass is 9.78. The Morgan fingerprint density at radius 1 is 0.607 bits per heavy atom. The van der Waals surface area contributed by atoms with E-state index in [-0.39, 0.29) is 53.5 Å². The van der Waals surface area contributed by atoms with Crippen molar-refractivity contribution in [2.75, 3.05) is 85.0 Å². The third-order valence-corrected chi connectivity index (χ3v) is 11.8. The average molecular weight is 836 g/mol. The highest BCUT2D eigenvalue weighted by Gasteiger charge is 2.57. The van der Waals surface area contributed by atoms with E-state index >= 15 is 0 Å². The number of carboxylic acids is 1. The van der Waals surface area contributed by atoms with Crippen LogP contribution in [0.4, 0.5) is 0 Å². The third-order valence-electron chi connectivity index (χ3n) is 11.8. The third kappa shape index (κ3) is 15.5. The van der Waals surface area contributed by atoms with E-state index in [0.717, 1.165) is 97.1 Å². The molecule has 56 heavy (non-hydrogen) atoms. The van der Waals surface area contributed by atoms with Crippen LogP contribution in [-0.4, -0.2) is 153 Å². The van der Waals surface area contributed by atoms with Gasteiger partial charge in [0.15, 0.2) is 0 Å². The number of ether oxygens (including phenoxy) is 4. The maximum atomic E-state index is 13.1. The van der Waals surface area contributed by atoms with E-state index in [1.165, 1.54) is 45.2 Å². The molecule has 324 valence electrons. The summed E-state index contributed by atoms with van der Waals surface area (Å²) < 4.78 is 22.3. The number of hydrogen-bond donors (Lipinski definition) is 2. The molecule has 0 aromatic rings. The van der Waals surface area contributed by atoms with Gasteiger partial charge >= 0.3 is 17.9 Å². The summed E-state index contributed by atoms with van der Waals surface area (Å²) in [6.07, 6.45) is 13.5. The molecule has 13 nitrogen and oxygen atoms in total. The second-order valence-electron chi connectivity index (χ2n) is 16.0. The van der Waals surface area contributed by atoms with Crippen molar-refractivity contribution in [2.24, 2.45) is 23.7 Å². The first-order valence-electron chi connectivity index (χ1n) is 21.4. The van der Waals surface area contributed by atoms with Crippen molar-refractivity contribution in [3.05, 3.63) is 0 Å². The molecule has 1 amide bonds. The van der Waals surface area contributed by atoms with Crippen LogP contribution in [0.5, 0.6) is 0 Å². The molecule has 15 heteroatoms. The first-order chi connectivity index (χ1) is 27.1. The summed E-state index contributed by atoms with van der Waals surface area (Å²) in [7, 11) is 4.23. The summed E-state index contributed by atoms with van der Waals surface area (Å²) >= 11 is 9.53. The highest BCUT2D eigenvalue weighted by Crippen LogP contribution is 2.45. The molecule has 6 aliphatic rings. The number of alkyl halides is 2. The van der Waals surface area contributed by atoms with E-state index in [9.17, 15) is 24.3 Å². The number of halogens is 2. The summed E-state index contributed by atoms with van der Waals surface area (Å²) in [5, 5.41) is 12.7. The van der Waals surface area contributed by atoms with Gasteiger partial charge < -0.3 is 44.1 Å². The molecule has 0 aromatic heterocycles. The fourth-order valence-corrected chi connectivity index (χ4v) is 8.55. The number of likely N-dealkylation sites (N-methyl/N-ethyl adjacent to an activating group) is 2. The number of carbonyl (C=O) groups is 4. The Balaban J connectivity index is 0.000000246. The molecule has 0 aliphatic carbocycles. The smallest absolute Gasteiger partial charge is 0.312 e. The fourth-order valence-electron chi connectivity index (χ4n) is 8.55. The lowest BCUT2D eigenvalue weighted by Crippen LogP contribution is -2.52. The quantitative estimate of drug-likeness (QED) is 0.117. The van der Waals surface area contributed by atoms with Gasteiger partial charge in [-0.25, -0.2) is 0 Å². The number of carbonyl (C=O) groups excluding carboxylic acids is 3. The Bertz CT molecular complexity index is 1160. The van der Waals surface area contributed by atoms with Gasteiger partial charge in [0.2, 0.25) is 5.91 Å². The van der Waals surface area contributed by atoms with E-state index in [1.54, 1.807) is 0 Å². The Kier molecular flexibility index (Phi) is 23.5. The molecular weight excluding hydrogens is 763 g/mol. The number of nitrogens with zero attached hydrogens (tertiary/aromatic N) is 3. The van der Waals surface area contributed by atoms with Crippen LogP contribution in [0.3, 0.4) is 0 Å². The maximum Gasteiger partial charge on any atom is 0.312 e. The lowest BCUT2D eigenvalue weighted by Gasteiger charge is -2.36. The average Bonchev–Trinajstić information content (AvgIpc) is 4.01. The first-order valence-corrected chi connectivity index (χ1v) is 22.5. The zero-order chi connectivity index (χ0) is 40.9. The van der Waals surface area contributed by atoms with Gasteiger partial charge in [0, 0.05) is 52.4 Å². The van der Waals surface area contributed by atoms with Crippen LogP contribution in [0, 0.1) is 23.7 Å². The lowest BCUT2D eigenvalue weighted by molar-refractivity contribution is -0.158. The topological polar surface area (TPSA) is 147 Å². The molecule has 6 rings (SSSR count). The van der Waals surface area contributed by atoms with Crippen molar-refractivity contribution in [1.29, 1.82) is 0 Å². The predicted octanol–water partition coefficient (Wildman–Crippen LogP) is 5.39. The maximum absolute atomic E-state index is 13.1. The van der Waals surface area contributed by atoms with E-state index in [1.807, 2.05) is 4.90 Å². The number of esters is 2. The van der Waals surface area contributed by atoms with Gasteiger partial charge in [-0.1, -0.05) is 65.2 Å². The Morgan fingerprint density at radius 3 is 1.41 bits per heavy atom. The standard InChI is InChI=1S/C20H34N2O4.C15H24O5.C5H12N2.CH2Cl2/c1-3-4-5-6-7-14-25-20(24)18-16-9-8-15(26-16)17(18)19(23)22-12-10-21(2)11-13-22;1-2-3-4-5-6-9-19-15(18)13-11-8-7-10(20-11)12(13)14(16)17;1-7-4-2-6-3-5-7;2-1-3/h15-18H,3-14H2,1-2H3;10-13H,2-9H2,1H3,(H,16,17);6H,2-5H2,1H3;1H2. The molecule has 8 atom stereocenters. The summed E-state index contributed by atoms with van der Waals surface area (Å²) in [5.41, 5.74) is 0. The summed E-state index contributed by atoms with van der Waals surface area (Å²) in [4.78, 5) is 55.6. The zero-order valence-electron chi connectivity index (χ0n) is 34.6. The minimum absolute atomic E-state index is 0.0928. The molecule has 8 unspecified atom stereocenters. The van der Waals surface area contributed by atoms with Crippen molar-refractivity contribution in [1.82, 2.24) is 20.0 Å². The fraction of sp³-hybridized carbons (Fsp3) is 0.902. The van der Waals surface area contributed by atoms with Crippen LogP contribution in [0.25, 0.3) is 0 Å². The number of carboxylic acid groups (broad SMARTS) is 1. The largest absolute Gasteiger partial charge is 0.481 e. The van der Waals surface area contributed by atoms with Crippen LogP contribution in [0.15, 0.2) is 0 Å². The molecule has 6 saturated heterocycles. The Morgan fingerprint density at radius 2 is 1.00 bits per heavy atom. The molecule has 0 radical (unpaired) electrons. The second kappa shape index (κ2) is 27.1. The number of aliphatic carboxylic acids is 1. The van der Waals surface area contributed by atoms with E-state index in [2.05, 4.69) is 43.1 Å². The van der Waals surface area contributed by atoms with Crippen molar-refractivity contribution in [3.8, 4) is 0 Å². The normalized spacial score (nSPS) is 29.3. The van der Waals surface area contributed by atoms with E-state index in [0.29, 0.717) is 13.2 Å².